The van der Waals surface area contributed by atoms with Gasteiger partial charge in [0.15, 0.2) is 23.3 Å². The molecule has 0 saturated heterocycles. The van der Waals surface area contributed by atoms with Crippen molar-refractivity contribution in [2.45, 2.75) is 31.7 Å². The van der Waals surface area contributed by atoms with E-state index in [1.54, 1.807) is 59.2 Å². The van der Waals surface area contributed by atoms with Crippen LogP contribution in [0.3, 0.4) is 0 Å². The van der Waals surface area contributed by atoms with E-state index in [0.717, 1.165) is 13.0 Å². The van der Waals surface area contributed by atoms with Gasteiger partial charge in [0.25, 0.3) is 41.4 Å². The minimum Gasteiger partial charge on any atom is -0.356 e. The van der Waals surface area contributed by atoms with Gasteiger partial charge in [0, 0.05) is 138 Å². The molecule has 0 unspecified atom stereocenters. The number of carbonyl (C=O) groups is 10. The van der Waals surface area contributed by atoms with E-state index in [2.05, 4.69) is 73.1 Å². The lowest BCUT2D eigenvalue weighted by atomic mass is 10.2. The third kappa shape index (κ3) is 16.5. The van der Waals surface area contributed by atoms with E-state index < -0.39 is 59.2 Å². The predicted octanol–water partition coefficient (Wildman–Crippen LogP) is -0.322. The summed E-state index contributed by atoms with van der Waals surface area (Å²) in [4.78, 5) is 148. The molecule has 0 fully saturated rings. The maximum atomic E-state index is 13.5. The van der Waals surface area contributed by atoms with Crippen LogP contribution in [0, 0.1) is 0 Å². The van der Waals surface area contributed by atoms with Gasteiger partial charge in [-0.1, -0.05) is 0 Å². The molecule has 0 radical (unpaired) electrons. The Balaban J connectivity index is 0.824. The number of amides is 10. The molecule has 10 amide bonds. The first-order valence-corrected chi connectivity index (χ1v) is 26.8. The van der Waals surface area contributed by atoms with E-state index in [1.807, 2.05) is 19.0 Å². The van der Waals surface area contributed by atoms with Crippen LogP contribution in [0.15, 0.2) is 67.8 Å². The first-order valence-electron chi connectivity index (χ1n) is 26.8. The zero-order valence-corrected chi connectivity index (χ0v) is 48.8. The minimum atomic E-state index is -1.09. The number of aryl methyl sites for hydroxylation is 7. The molecule has 0 aliphatic heterocycles. The van der Waals surface area contributed by atoms with Gasteiger partial charge >= 0.3 is 0 Å². The smallest absolute Gasteiger partial charge is 0.292 e. The third-order valence-electron chi connectivity index (χ3n) is 13.0. The van der Waals surface area contributed by atoms with Crippen molar-refractivity contribution in [2.24, 2.45) is 55.1 Å². The highest BCUT2D eigenvalue weighted by Gasteiger charge is 2.24. The van der Waals surface area contributed by atoms with Gasteiger partial charge in [-0.15, -0.1) is 0 Å². The van der Waals surface area contributed by atoms with E-state index in [0.29, 0.717) is 12.2 Å². The number of nitrogens with zero attached hydrogens (tertiary/aromatic N) is 12. The highest BCUT2D eigenvalue weighted by Crippen LogP contribution is 2.21. The summed E-state index contributed by atoms with van der Waals surface area (Å²) in [6, 6.07) is 3.26. The molecule has 0 aliphatic rings. The topological polar surface area (TPSA) is 406 Å². The number of nitrogens with two attached hydrogens (primary N) is 1. The number of carbonyl (C=O) groups excluding carboxylic acids is 10. The fraction of sp³-hybridized carbons (Fsp3) is 0.358. The highest BCUT2D eigenvalue weighted by molar-refractivity contribution is 6.08. The van der Waals surface area contributed by atoms with E-state index in [1.165, 1.54) is 89.8 Å². The van der Waals surface area contributed by atoms with Gasteiger partial charge in [-0.25, -0.2) is 19.9 Å². The Morgan fingerprint density at radius 2 is 0.884 bits per heavy atom. The quantitative estimate of drug-likeness (QED) is 0.0294. The highest BCUT2D eigenvalue weighted by atomic mass is 16.2. The maximum absolute atomic E-state index is 13.5. The summed E-state index contributed by atoms with van der Waals surface area (Å²) < 4.78 is 10.2. The fourth-order valence-electron chi connectivity index (χ4n) is 8.56. The Bertz CT molecular complexity index is 3700. The molecule has 12 N–H and O–H groups in total. The number of hydrogen-bond donors (Lipinski definition) is 11. The van der Waals surface area contributed by atoms with E-state index >= 15 is 0 Å². The van der Waals surface area contributed by atoms with Crippen molar-refractivity contribution >= 4 is 93.6 Å². The fourth-order valence-corrected chi connectivity index (χ4v) is 8.56. The zero-order valence-electron chi connectivity index (χ0n) is 48.8. The summed E-state index contributed by atoms with van der Waals surface area (Å²) in [7, 11) is 15.0. The molecule has 0 aromatic carbocycles. The molecular formula is C53H69N23O10. The molecule has 7 heterocycles. The predicted molar refractivity (Wildman–Crippen MR) is 313 cm³/mol. The number of imidazole rings is 4. The number of rotatable bonds is 27. The van der Waals surface area contributed by atoms with Crippen molar-refractivity contribution in [1.29, 1.82) is 0 Å². The molecule has 33 heteroatoms. The van der Waals surface area contributed by atoms with E-state index in [4.69, 9.17) is 5.73 Å². The molecule has 7 aromatic heterocycles. The van der Waals surface area contributed by atoms with Gasteiger partial charge in [-0.2, -0.15) is 0 Å². The van der Waals surface area contributed by atoms with Gasteiger partial charge in [-0.05, 0) is 51.7 Å². The number of anilines is 6. The van der Waals surface area contributed by atoms with Crippen LogP contribution in [0.5, 0.6) is 0 Å². The van der Waals surface area contributed by atoms with Crippen LogP contribution in [-0.4, -0.2) is 169 Å². The van der Waals surface area contributed by atoms with Gasteiger partial charge in [-0.3, -0.25) is 47.9 Å². The Morgan fingerprint density at radius 3 is 1.42 bits per heavy atom. The largest absolute Gasteiger partial charge is 0.356 e. The third-order valence-corrected chi connectivity index (χ3v) is 13.0. The molecule has 0 spiro atoms. The number of hydrogen-bond acceptors (Lipinski definition) is 16. The molecule has 0 saturated carbocycles. The SMILES string of the molecule is CN(C)CCCNC(=O)CCNC(=O)c1cc(NC(=O)c2nc(NC(=O)c3cc(NC(=O)c4cc(NC(=O)[C@H](N)CCNC(=O)c5nc(NC(=O)c6nc(NC(=O)CCNC(=O)c7nccn7C)cn6C)cn5C)cn4C)cn3C)cn2C)cn1C. The second-order valence-electron chi connectivity index (χ2n) is 20.2. The summed E-state index contributed by atoms with van der Waals surface area (Å²) in [5.41, 5.74) is 7.52. The van der Waals surface area contributed by atoms with Crippen molar-refractivity contribution in [1.82, 2.24) is 78.1 Å². The molecular weight excluding hydrogens is 1120 g/mol. The normalized spacial score (nSPS) is 11.4. The molecule has 0 bridgehead atoms. The summed E-state index contributed by atoms with van der Waals surface area (Å²) >= 11 is 0. The standard InChI is InChI=1S/C53H69N23O10/c1-69(2)19-10-14-55-40(77)12-16-57-47(80)34-21-32(26-71(34)4)62-52(85)44-66-38(28-76(44)9)67-49(82)36-23-31(25-73(36)6)61-48(81)35-22-30(24-72(35)5)60-46(79)33(54)11-15-58-51(84)43-65-39(29-74(43)7)68-53(86)45-64-37(27-75(45)8)63-41(78)13-17-59-50(83)42-56-18-20-70(42)3/h18,20-29,33H,10-17,19,54H2,1-9H3,(H,55,77)(H,57,80)(H,58,84)(H,59,83)(H,60,79)(H,61,81)(H,62,85)(H,63,78)(H,67,82)(H,68,86)/t33-/m1/s1. The average Bonchev–Trinajstić information content (AvgIpc) is 2.76. The van der Waals surface area contributed by atoms with Crippen molar-refractivity contribution in [3.05, 3.63) is 108 Å². The van der Waals surface area contributed by atoms with Crippen LogP contribution < -0.4 is 58.9 Å². The summed E-state index contributed by atoms with van der Waals surface area (Å²) in [5, 5.41) is 26.8. The second kappa shape index (κ2) is 28.0. The van der Waals surface area contributed by atoms with Gasteiger partial charge in [0.1, 0.15) is 17.1 Å². The van der Waals surface area contributed by atoms with Gasteiger partial charge in [0.2, 0.25) is 35.2 Å². The van der Waals surface area contributed by atoms with Crippen LogP contribution in [0.25, 0.3) is 0 Å². The molecule has 456 valence electrons. The Labute approximate surface area is 491 Å². The number of aromatic nitrogens is 11. The first-order chi connectivity index (χ1) is 40.8. The Hall–Kier alpha value is -10.7. The van der Waals surface area contributed by atoms with E-state index in [9.17, 15) is 47.9 Å². The number of nitrogens with one attached hydrogen (secondary N) is 10. The van der Waals surface area contributed by atoms with Gasteiger partial charge in [0.05, 0.1) is 23.1 Å². The molecule has 7 rings (SSSR count). The molecule has 0 aliphatic carbocycles. The lowest BCUT2D eigenvalue weighted by Crippen LogP contribution is -2.39. The lowest BCUT2D eigenvalue weighted by Gasteiger charge is -2.12. The van der Waals surface area contributed by atoms with Crippen LogP contribution in [0.1, 0.15) is 99.6 Å². The lowest BCUT2D eigenvalue weighted by molar-refractivity contribution is -0.121. The first kappa shape index (κ1) is 62.9. The molecule has 1 atom stereocenters. The van der Waals surface area contributed by atoms with Crippen molar-refractivity contribution in [3.63, 3.8) is 0 Å². The van der Waals surface area contributed by atoms with E-state index in [-0.39, 0.29) is 114 Å². The molecule has 86 heavy (non-hydrogen) atoms. The van der Waals surface area contributed by atoms with Crippen molar-refractivity contribution in [3.8, 4) is 0 Å². The van der Waals surface area contributed by atoms with Gasteiger partial charge < -0.3 is 95.8 Å². The van der Waals surface area contributed by atoms with Crippen LogP contribution in [-0.2, 0) is 63.7 Å². The Kier molecular flexibility index (Phi) is 20.5. The maximum Gasteiger partial charge on any atom is 0.292 e. The summed E-state index contributed by atoms with van der Waals surface area (Å²) in [6.07, 6.45) is 12.8. The molecule has 33 nitrogen and oxygen atoms in total. The average molecular weight is 1190 g/mol. The monoisotopic (exact) mass is 1190 g/mol. The zero-order chi connectivity index (χ0) is 62.5. The summed E-state index contributed by atoms with van der Waals surface area (Å²) in [6.45, 7) is 1.49. The molecule has 7 aromatic rings. The van der Waals surface area contributed by atoms with Crippen LogP contribution in [0.2, 0.25) is 0 Å². The Morgan fingerprint density at radius 1 is 0.453 bits per heavy atom. The second-order valence-corrected chi connectivity index (χ2v) is 20.2. The van der Waals surface area contributed by atoms with Crippen molar-refractivity contribution < 1.29 is 47.9 Å². The summed E-state index contributed by atoms with van der Waals surface area (Å²) in [5.74, 6) is -5.04. The van der Waals surface area contributed by atoms with Crippen LogP contribution >= 0.6 is 0 Å². The van der Waals surface area contributed by atoms with Crippen molar-refractivity contribution in [2.75, 3.05) is 78.7 Å². The minimum absolute atomic E-state index is 0.00546. The van der Waals surface area contributed by atoms with Crippen LogP contribution in [0.4, 0.5) is 34.5 Å².